The van der Waals surface area contributed by atoms with Crippen LogP contribution in [0.15, 0.2) is 65.8 Å². The highest BCUT2D eigenvalue weighted by Crippen LogP contribution is 2.35. The summed E-state index contributed by atoms with van der Waals surface area (Å²) in [4.78, 5) is 28.9. The number of nitro groups is 1. The molecule has 34 heavy (non-hydrogen) atoms. The first-order chi connectivity index (χ1) is 16.3. The Morgan fingerprint density at radius 1 is 1.12 bits per heavy atom. The quantitative estimate of drug-likeness (QED) is 0.321. The van der Waals surface area contributed by atoms with Gasteiger partial charge in [-0.15, -0.1) is 0 Å². The molecule has 0 aromatic heterocycles. The number of hydrogen-bond donors (Lipinski definition) is 1. The van der Waals surface area contributed by atoms with E-state index in [-0.39, 0.29) is 34.3 Å². The number of nitro benzene ring substituents is 1. The van der Waals surface area contributed by atoms with Crippen molar-refractivity contribution in [3.8, 4) is 17.2 Å². The van der Waals surface area contributed by atoms with E-state index in [0.717, 1.165) is 5.56 Å². The number of carbonyl (C=O) groups is 1. The first-order valence-electron chi connectivity index (χ1n) is 9.93. The molecule has 0 fully saturated rings. The maximum Gasteiger partial charge on any atom is 0.275 e. The normalized spacial score (nSPS) is 14.7. The third-order valence-electron chi connectivity index (χ3n) is 4.88. The molecule has 0 saturated heterocycles. The van der Waals surface area contributed by atoms with Crippen LogP contribution in [0.1, 0.15) is 12.0 Å². The van der Waals surface area contributed by atoms with Gasteiger partial charge in [-0.1, -0.05) is 28.4 Å². The largest absolute Gasteiger partial charge is 0.497 e. The molecule has 1 aliphatic rings. The molecule has 1 amide bonds. The van der Waals surface area contributed by atoms with Gasteiger partial charge < -0.3 is 19.6 Å². The highest BCUT2D eigenvalue weighted by Gasteiger charge is 2.29. The summed E-state index contributed by atoms with van der Waals surface area (Å²) in [7, 11) is 1.57. The number of amides is 1. The van der Waals surface area contributed by atoms with Crippen LogP contribution in [-0.2, 0) is 9.63 Å². The smallest absolute Gasteiger partial charge is 0.275 e. The Kier molecular flexibility index (Phi) is 6.85. The van der Waals surface area contributed by atoms with E-state index in [0.29, 0.717) is 16.5 Å². The van der Waals surface area contributed by atoms with Crippen LogP contribution in [-0.4, -0.2) is 29.8 Å². The molecule has 1 heterocycles. The van der Waals surface area contributed by atoms with Gasteiger partial charge in [-0.25, -0.2) is 0 Å². The van der Waals surface area contributed by atoms with Gasteiger partial charge in [0.15, 0.2) is 0 Å². The first-order valence-corrected chi connectivity index (χ1v) is 10.7. The summed E-state index contributed by atoms with van der Waals surface area (Å²) in [6.45, 7) is 0. The Hall–Kier alpha value is -3.82. The maximum absolute atomic E-state index is 12.8. The summed E-state index contributed by atoms with van der Waals surface area (Å²) in [5.41, 5.74) is 1.27. The number of non-ortho nitro benzene ring substituents is 1. The number of ether oxygens (including phenoxy) is 2. The van der Waals surface area contributed by atoms with Gasteiger partial charge in [-0.3, -0.25) is 14.9 Å². The van der Waals surface area contributed by atoms with Gasteiger partial charge in [0.2, 0.25) is 6.10 Å². The Bertz CT molecular complexity index is 1280. The number of anilines is 1. The Labute approximate surface area is 204 Å². The molecular weight excluding hydrogens is 485 g/mol. The zero-order chi connectivity index (χ0) is 24.2. The van der Waals surface area contributed by atoms with Crippen LogP contribution < -0.4 is 14.8 Å². The molecule has 1 atom stereocenters. The zero-order valence-corrected chi connectivity index (χ0v) is 19.2. The number of hydrogen-bond acceptors (Lipinski definition) is 7. The van der Waals surface area contributed by atoms with Crippen molar-refractivity contribution in [1.82, 2.24) is 0 Å². The van der Waals surface area contributed by atoms with Crippen molar-refractivity contribution < 1.29 is 24.0 Å². The van der Waals surface area contributed by atoms with E-state index in [1.54, 1.807) is 25.3 Å². The van der Waals surface area contributed by atoms with Crippen molar-refractivity contribution in [1.29, 1.82) is 0 Å². The van der Waals surface area contributed by atoms with Crippen LogP contribution in [0.2, 0.25) is 10.0 Å². The average molecular weight is 502 g/mol. The van der Waals surface area contributed by atoms with E-state index >= 15 is 0 Å². The van der Waals surface area contributed by atoms with Gasteiger partial charge in [-0.05, 0) is 48.0 Å². The highest BCUT2D eigenvalue weighted by atomic mass is 35.5. The Morgan fingerprint density at radius 2 is 1.88 bits per heavy atom. The molecule has 1 unspecified atom stereocenters. The summed E-state index contributed by atoms with van der Waals surface area (Å²) in [5, 5.41) is 18.7. The van der Waals surface area contributed by atoms with Crippen molar-refractivity contribution >= 4 is 46.2 Å². The Morgan fingerprint density at radius 3 is 2.56 bits per heavy atom. The zero-order valence-electron chi connectivity index (χ0n) is 17.7. The fourth-order valence-electron chi connectivity index (χ4n) is 3.20. The lowest BCUT2D eigenvalue weighted by Crippen LogP contribution is -2.28. The van der Waals surface area contributed by atoms with Gasteiger partial charge in [-0.2, -0.15) is 0 Å². The fourth-order valence-corrected chi connectivity index (χ4v) is 3.65. The van der Waals surface area contributed by atoms with Gasteiger partial charge in [0.1, 0.15) is 17.2 Å². The second-order valence-electron chi connectivity index (χ2n) is 7.20. The number of methoxy groups -OCH3 is 1. The van der Waals surface area contributed by atoms with Crippen molar-refractivity contribution in [2.24, 2.45) is 5.16 Å². The second kappa shape index (κ2) is 9.98. The summed E-state index contributed by atoms with van der Waals surface area (Å²) < 4.78 is 10.8. The molecule has 0 spiro atoms. The van der Waals surface area contributed by atoms with Crippen molar-refractivity contribution in [3.63, 3.8) is 0 Å². The number of oxime groups is 1. The van der Waals surface area contributed by atoms with Crippen molar-refractivity contribution in [2.45, 2.75) is 12.5 Å². The second-order valence-corrected chi connectivity index (χ2v) is 8.05. The molecule has 3 aromatic rings. The average Bonchev–Trinajstić information content (AvgIpc) is 3.31. The van der Waals surface area contributed by atoms with E-state index in [1.165, 1.54) is 30.3 Å². The molecular formula is C23H17Cl2N3O6. The Balaban J connectivity index is 1.48. The summed E-state index contributed by atoms with van der Waals surface area (Å²) in [6, 6.07) is 15.7. The number of carbonyl (C=O) groups excluding carboxylic acids is 1. The minimum Gasteiger partial charge on any atom is -0.497 e. The van der Waals surface area contributed by atoms with Crippen LogP contribution in [0, 0.1) is 10.1 Å². The van der Waals surface area contributed by atoms with Gasteiger partial charge in [0.05, 0.1) is 34.5 Å². The number of halogens is 2. The minimum atomic E-state index is -0.897. The lowest BCUT2D eigenvalue weighted by atomic mass is 10.0. The molecule has 0 aliphatic carbocycles. The predicted octanol–water partition coefficient (Wildman–Crippen LogP) is 5.83. The molecule has 0 saturated carbocycles. The number of rotatable bonds is 7. The molecule has 174 valence electrons. The van der Waals surface area contributed by atoms with Crippen molar-refractivity contribution in [3.05, 3.63) is 86.4 Å². The van der Waals surface area contributed by atoms with E-state index < -0.39 is 16.9 Å². The third kappa shape index (κ3) is 5.38. The van der Waals surface area contributed by atoms with Crippen LogP contribution in [0.25, 0.3) is 0 Å². The van der Waals surface area contributed by atoms with Crippen molar-refractivity contribution in [2.75, 3.05) is 12.4 Å². The lowest BCUT2D eigenvalue weighted by molar-refractivity contribution is -0.384. The summed E-state index contributed by atoms with van der Waals surface area (Å²) in [6.07, 6.45) is -0.664. The van der Waals surface area contributed by atoms with Gasteiger partial charge >= 0.3 is 0 Å². The van der Waals surface area contributed by atoms with E-state index in [4.69, 9.17) is 37.5 Å². The molecule has 9 nitrogen and oxygen atoms in total. The summed E-state index contributed by atoms with van der Waals surface area (Å²) >= 11 is 12.0. The predicted molar refractivity (Wildman–Crippen MR) is 127 cm³/mol. The first kappa shape index (κ1) is 23.3. The maximum atomic E-state index is 12.8. The molecule has 0 radical (unpaired) electrons. The third-order valence-corrected chi connectivity index (χ3v) is 5.41. The van der Waals surface area contributed by atoms with Crippen LogP contribution in [0.4, 0.5) is 11.4 Å². The minimum absolute atomic E-state index is 0.108. The van der Waals surface area contributed by atoms with Gasteiger partial charge in [0.25, 0.3) is 11.6 Å². The SMILES string of the molecule is COc1ccc(C2=NOC(C(=O)Nc3cc(Oc4ccc(Cl)cc4Cl)cc([N+](=O)[O-])c3)C2)cc1. The molecule has 3 aromatic carbocycles. The lowest BCUT2D eigenvalue weighted by Gasteiger charge is -2.12. The molecule has 0 bridgehead atoms. The molecule has 1 aliphatic heterocycles. The monoisotopic (exact) mass is 501 g/mol. The number of nitrogens with zero attached hydrogens (tertiary/aromatic N) is 2. The highest BCUT2D eigenvalue weighted by molar-refractivity contribution is 6.35. The van der Waals surface area contributed by atoms with Gasteiger partial charge in [0, 0.05) is 23.6 Å². The van der Waals surface area contributed by atoms with E-state index in [9.17, 15) is 14.9 Å². The fraction of sp³-hybridized carbons (Fsp3) is 0.130. The van der Waals surface area contributed by atoms with Crippen LogP contribution in [0.5, 0.6) is 17.2 Å². The van der Waals surface area contributed by atoms with Crippen LogP contribution in [0.3, 0.4) is 0 Å². The molecule has 11 heteroatoms. The standard InChI is InChI=1S/C23H17Cl2N3O6/c1-32-17-5-2-13(3-6-17)20-12-22(34-27-20)23(29)26-15-9-16(28(30)31)11-18(10-15)33-21-7-4-14(24)8-19(21)25/h2-11,22H,12H2,1H3,(H,26,29). The summed E-state index contributed by atoms with van der Waals surface area (Å²) in [5.74, 6) is 0.543. The number of benzene rings is 3. The topological polar surface area (TPSA) is 112 Å². The van der Waals surface area contributed by atoms with E-state index in [2.05, 4.69) is 10.5 Å². The molecule has 1 N–H and O–H groups in total. The molecule has 4 rings (SSSR count). The van der Waals surface area contributed by atoms with Crippen LogP contribution >= 0.6 is 23.2 Å². The van der Waals surface area contributed by atoms with E-state index in [1.807, 2.05) is 12.1 Å². The number of nitrogens with one attached hydrogen (secondary N) is 1.